The van der Waals surface area contributed by atoms with E-state index in [1.54, 1.807) is 11.9 Å². The maximum atomic E-state index is 12.8. The van der Waals surface area contributed by atoms with E-state index >= 15 is 0 Å². The van der Waals surface area contributed by atoms with Crippen LogP contribution in [0.25, 0.3) is 0 Å². The van der Waals surface area contributed by atoms with Crippen molar-refractivity contribution in [2.75, 3.05) is 27.2 Å². The average Bonchev–Trinajstić information content (AvgIpc) is 2.25. The van der Waals surface area contributed by atoms with Gasteiger partial charge in [0.15, 0.2) is 0 Å². The Morgan fingerprint density at radius 1 is 1.53 bits per heavy atom. The van der Waals surface area contributed by atoms with E-state index in [4.69, 9.17) is 0 Å². The molecule has 0 spiro atoms. The summed E-state index contributed by atoms with van der Waals surface area (Å²) in [6.45, 7) is 1.33. The van der Waals surface area contributed by atoms with Crippen LogP contribution in [0.1, 0.15) is 10.4 Å². The molecule has 1 aromatic rings. The fourth-order valence-electron chi connectivity index (χ4n) is 1.25. The van der Waals surface area contributed by atoms with Crippen molar-refractivity contribution in [3.63, 3.8) is 0 Å². The van der Waals surface area contributed by atoms with E-state index < -0.39 is 0 Å². The fraction of sp³-hybridized carbons (Fsp3) is 0.364. The molecule has 0 aliphatic carbocycles. The smallest absolute Gasteiger partial charge is 0.254 e. The number of carbonyl (C=O) groups excluding carboxylic acids is 1. The minimum Gasteiger partial charge on any atom is -0.340 e. The van der Waals surface area contributed by atoms with Crippen LogP contribution in [0.15, 0.2) is 22.7 Å². The lowest BCUT2D eigenvalue weighted by molar-refractivity contribution is 0.0796. The van der Waals surface area contributed by atoms with Gasteiger partial charge in [-0.1, -0.05) is 0 Å². The molecule has 0 atom stereocenters. The van der Waals surface area contributed by atoms with Crippen LogP contribution in [0.2, 0.25) is 0 Å². The molecule has 0 aliphatic rings. The first-order valence-corrected chi connectivity index (χ1v) is 5.70. The third-order valence-electron chi connectivity index (χ3n) is 2.21. The van der Waals surface area contributed by atoms with Crippen molar-refractivity contribution in [3.8, 4) is 0 Å². The lowest BCUT2D eigenvalue weighted by Gasteiger charge is -2.17. The number of benzene rings is 1. The normalized spacial score (nSPS) is 9.65. The maximum Gasteiger partial charge on any atom is 0.254 e. The summed E-state index contributed by atoms with van der Waals surface area (Å²) in [6, 6.07) is 4.06. The summed E-state index contributed by atoms with van der Waals surface area (Å²) in [5.41, 5.74) is 0.472. The van der Waals surface area contributed by atoms with Gasteiger partial charge in [-0.15, -0.1) is 12.4 Å². The molecule has 96 valence electrons. The van der Waals surface area contributed by atoms with E-state index in [1.807, 2.05) is 7.05 Å². The van der Waals surface area contributed by atoms with Gasteiger partial charge >= 0.3 is 0 Å². The monoisotopic (exact) mass is 324 g/mol. The molecule has 6 heteroatoms. The standard InChI is InChI=1S/C11H14BrFN2O.ClH/c1-14-5-6-15(2)11(16)9-4-3-8(13)7-10(9)12;/h3-4,7,14H,5-6H2,1-2H3;1H. The molecule has 0 heterocycles. The number of amides is 1. The van der Waals surface area contributed by atoms with E-state index in [0.29, 0.717) is 16.6 Å². The van der Waals surface area contributed by atoms with Crippen molar-refractivity contribution >= 4 is 34.2 Å². The number of nitrogens with zero attached hydrogens (tertiary/aromatic N) is 1. The highest BCUT2D eigenvalue weighted by Gasteiger charge is 2.14. The van der Waals surface area contributed by atoms with Crippen LogP contribution in [-0.4, -0.2) is 38.0 Å². The number of nitrogens with one attached hydrogen (secondary N) is 1. The van der Waals surface area contributed by atoms with Crippen molar-refractivity contribution in [1.29, 1.82) is 0 Å². The molecule has 0 fully saturated rings. The molecular weight excluding hydrogens is 310 g/mol. The Bertz CT molecular complexity index is 390. The first-order chi connectivity index (χ1) is 7.56. The van der Waals surface area contributed by atoms with E-state index in [1.165, 1.54) is 18.2 Å². The van der Waals surface area contributed by atoms with Crippen LogP contribution in [-0.2, 0) is 0 Å². The van der Waals surface area contributed by atoms with Gasteiger partial charge < -0.3 is 10.2 Å². The molecule has 0 bridgehead atoms. The Balaban J connectivity index is 0.00000256. The Morgan fingerprint density at radius 3 is 2.71 bits per heavy atom. The number of likely N-dealkylation sites (N-methyl/N-ethyl adjacent to an activating group) is 2. The predicted molar refractivity (Wildman–Crippen MR) is 72.2 cm³/mol. The molecule has 1 rings (SSSR count). The summed E-state index contributed by atoms with van der Waals surface area (Å²) in [6.07, 6.45) is 0. The van der Waals surface area contributed by atoms with Gasteiger partial charge in [-0.25, -0.2) is 4.39 Å². The molecule has 0 saturated carbocycles. The van der Waals surface area contributed by atoms with Gasteiger partial charge in [-0.05, 0) is 41.2 Å². The minimum absolute atomic E-state index is 0. The number of hydrogen-bond acceptors (Lipinski definition) is 2. The molecule has 0 unspecified atom stereocenters. The molecule has 0 radical (unpaired) electrons. The third-order valence-corrected chi connectivity index (χ3v) is 2.86. The van der Waals surface area contributed by atoms with Crippen LogP contribution in [0.3, 0.4) is 0 Å². The largest absolute Gasteiger partial charge is 0.340 e. The molecule has 1 N–H and O–H groups in total. The van der Waals surface area contributed by atoms with Crippen molar-refractivity contribution in [1.82, 2.24) is 10.2 Å². The molecule has 0 aromatic heterocycles. The lowest BCUT2D eigenvalue weighted by atomic mass is 10.2. The van der Waals surface area contributed by atoms with Crippen molar-refractivity contribution in [3.05, 3.63) is 34.1 Å². The van der Waals surface area contributed by atoms with E-state index in [2.05, 4.69) is 21.2 Å². The topological polar surface area (TPSA) is 32.3 Å². The zero-order valence-electron chi connectivity index (χ0n) is 9.67. The highest BCUT2D eigenvalue weighted by atomic mass is 79.9. The second-order valence-corrected chi connectivity index (χ2v) is 4.31. The summed E-state index contributed by atoms with van der Waals surface area (Å²) in [5, 5.41) is 2.96. The Labute approximate surface area is 115 Å². The van der Waals surface area contributed by atoms with Crippen LogP contribution < -0.4 is 5.32 Å². The van der Waals surface area contributed by atoms with Gasteiger partial charge in [0.1, 0.15) is 5.82 Å². The van der Waals surface area contributed by atoms with Gasteiger partial charge in [-0.3, -0.25) is 4.79 Å². The van der Waals surface area contributed by atoms with Crippen molar-refractivity contribution in [2.45, 2.75) is 0 Å². The van der Waals surface area contributed by atoms with E-state index in [-0.39, 0.29) is 24.1 Å². The molecule has 1 amide bonds. The van der Waals surface area contributed by atoms with Gasteiger partial charge in [-0.2, -0.15) is 0 Å². The fourth-order valence-corrected chi connectivity index (χ4v) is 1.77. The molecule has 1 aromatic carbocycles. The maximum absolute atomic E-state index is 12.8. The van der Waals surface area contributed by atoms with Crippen LogP contribution in [0.5, 0.6) is 0 Å². The summed E-state index contributed by atoms with van der Waals surface area (Å²) < 4.78 is 13.3. The quantitative estimate of drug-likeness (QED) is 0.921. The van der Waals surface area contributed by atoms with Gasteiger partial charge in [0, 0.05) is 24.6 Å². The Kier molecular flexibility index (Phi) is 7.34. The van der Waals surface area contributed by atoms with Crippen molar-refractivity contribution in [2.24, 2.45) is 0 Å². The highest BCUT2D eigenvalue weighted by molar-refractivity contribution is 9.10. The third kappa shape index (κ3) is 4.61. The number of rotatable bonds is 4. The van der Waals surface area contributed by atoms with Crippen LogP contribution in [0, 0.1) is 5.82 Å². The molecule has 0 aliphatic heterocycles. The number of halogens is 3. The summed E-state index contributed by atoms with van der Waals surface area (Å²) in [4.78, 5) is 13.5. The summed E-state index contributed by atoms with van der Waals surface area (Å²) >= 11 is 3.18. The lowest BCUT2D eigenvalue weighted by Crippen LogP contribution is -2.32. The molecular formula is C11H15BrClFN2O. The van der Waals surface area contributed by atoms with Gasteiger partial charge in [0.25, 0.3) is 5.91 Å². The summed E-state index contributed by atoms with van der Waals surface area (Å²) in [5.74, 6) is -0.483. The number of hydrogen-bond donors (Lipinski definition) is 1. The van der Waals surface area contributed by atoms with Gasteiger partial charge in [0.05, 0.1) is 5.56 Å². The van der Waals surface area contributed by atoms with Gasteiger partial charge in [0.2, 0.25) is 0 Å². The average molecular weight is 326 g/mol. The SMILES string of the molecule is CNCCN(C)C(=O)c1ccc(F)cc1Br.Cl. The Morgan fingerprint density at radius 2 is 2.18 bits per heavy atom. The summed E-state index contributed by atoms with van der Waals surface area (Å²) in [7, 11) is 3.54. The number of carbonyl (C=O) groups is 1. The minimum atomic E-state index is -0.360. The van der Waals surface area contributed by atoms with E-state index in [0.717, 1.165) is 6.54 Å². The van der Waals surface area contributed by atoms with Crippen LogP contribution in [0.4, 0.5) is 4.39 Å². The predicted octanol–water partition coefficient (Wildman–Crippen LogP) is 2.30. The first kappa shape index (κ1) is 16.4. The van der Waals surface area contributed by atoms with E-state index in [9.17, 15) is 9.18 Å². The second-order valence-electron chi connectivity index (χ2n) is 3.45. The van der Waals surface area contributed by atoms with Crippen LogP contribution >= 0.6 is 28.3 Å². The zero-order valence-corrected chi connectivity index (χ0v) is 12.1. The zero-order chi connectivity index (χ0) is 12.1. The first-order valence-electron chi connectivity index (χ1n) is 4.91. The highest BCUT2D eigenvalue weighted by Crippen LogP contribution is 2.19. The molecule has 3 nitrogen and oxygen atoms in total. The molecule has 0 saturated heterocycles. The van der Waals surface area contributed by atoms with Crippen molar-refractivity contribution < 1.29 is 9.18 Å². The Hall–Kier alpha value is -0.650. The second kappa shape index (κ2) is 7.63. The molecule has 17 heavy (non-hydrogen) atoms.